The van der Waals surface area contributed by atoms with Crippen molar-refractivity contribution < 1.29 is 13.2 Å². The highest BCUT2D eigenvalue weighted by atomic mass is 19.4. The monoisotopic (exact) mass is 205 g/mol. The third kappa shape index (κ3) is 3.44. The zero-order chi connectivity index (χ0) is 10.8. The highest BCUT2D eigenvalue weighted by molar-refractivity contribution is 5.19. The third-order valence-corrected chi connectivity index (χ3v) is 2.11. The summed E-state index contributed by atoms with van der Waals surface area (Å²) >= 11 is 0. The molecule has 0 fully saturated rings. The predicted molar refractivity (Wildman–Crippen MR) is 49.3 cm³/mol. The number of hydrogen-bond donors (Lipinski definition) is 1. The van der Waals surface area contributed by atoms with Crippen LogP contribution in [-0.2, 0) is 6.42 Å². The van der Waals surface area contributed by atoms with Gasteiger partial charge in [-0.1, -0.05) is 13.8 Å². The molecule has 0 radical (unpaired) electrons. The van der Waals surface area contributed by atoms with Gasteiger partial charge in [-0.15, -0.1) is 0 Å². The van der Waals surface area contributed by atoms with E-state index >= 15 is 0 Å². The minimum absolute atomic E-state index is 0.0379. The van der Waals surface area contributed by atoms with Gasteiger partial charge in [-0.2, -0.15) is 13.2 Å². The molecular formula is C10H14F3N. The second-order valence-corrected chi connectivity index (χ2v) is 3.73. The second-order valence-electron chi connectivity index (χ2n) is 3.73. The van der Waals surface area contributed by atoms with Crippen molar-refractivity contribution in [2.45, 2.75) is 38.8 Å². The van der Waals surface area contributed by atoms with Gasteiger partial charge in [0.25, 0.3) is 0 Å². The van der Waals surface area contributed by atoms with E-state index in [0.29, 0.717) is 11.6 Å². The highest BCUT2D eigenvalue weighted by Crippen LogP contribution is 2.23. The molecule has 1 nitrogen and oxygen atoms in total. The molecule has 0 atom stereocenters. The van der Waals surface area contributed by atoms with Crippen molar-refractivity contribution in [3.63, 3.8) is 0 Å². The van der Waals surface area contributed by atoms with Crippen LogP contribution in [0, 0.1) is 0 Å². The molecular weight excluding hydrogens is 191 g/mol. The van der Waals surface area contributed by atoms with Gasteiger partial charge >= 0.3 is 6.18 Å². The summed E-state index contributed by atoms with van der Waals surface area (Å²) in [5.74, 6) is 0.353. The molecule has 0 aromatic carbocycles. The van der Waals surface area contributed by atoms with Crippen LogP contribution in [-0.4, -0.2) is 11.2 Å². The van der Waals surface area contributed by atoms with Crippen LogP contribution in [0.1, 0.15) is 37.4 Å². The fourth-order valence-electron chi connectivity index (χ4n) is 1.21. The number of H-pyrrole nitrogens is 1. The van der Waals surface area contributed by atoms with E-state index in [1.807, 2.05) is 13.8 Å². The molecule has 1 heterocycles. The standard InChI is InChI=1S/C10H14F3N/c1-7(2)8-5-9(14-6-8)3-4-10(11,12)13/h5-7,14H,3-4H2,1-2H3. The van der Waals surface area contributed by atoms with Crippen LogP contribution < -0.4 is 0 Å². The zero-order valence-corrected chi connectivity index (χ0v) is 8.28. The smallest absolute Gasteiger partial charge is 0.365 e. The molecule has 1 N–H and O–H groups in total. The van der Waals surface area contributed by atoms with Crippen LogP contribution in [0.15, 0.2) is 12.3 Å². The lowest BCUT2D eigenvalue weighted by molar-refractivity contribution is -0.134. The van der Waals surface area contributed by atoms with Crippen molar-refractivity contribution in [3.05, 3.63) is 23.5 Å². The first-order valence-corrected chi connectivity index (χ1v) is 4.62. The summed E-state index contributed by atoms with van der Waals surface area (Å²) in [6.07, 6.45) is -3.01. The highest BCUT2D eigenvalue weighted by Gasteiger charge is 2.26. The number of aromatic nitrogens is 1. The van der Waals surface area contributed by atoms with Crippen LogP contribution in [0.3, 0.4) is 0 Å². The topological polar surface area (TPSA) is 15.8 Å². The molecule has 1 rings (SSSR count). The summed E-state index contributed by atoms with van der Waals surface area (Å²) < 4.78 is 35.7. The van der Waals surface area contributed by atoms with Crippen LogP contribution >= 0.6 is 0 Å². The average Bonchev–Trinajstić information content (AvgIpc) is 2.47. The fraction of sp³-hybridized carbons (Fsp3) is 0.600. The Labute approximate surface area is 81.3 Å². The SMILES string of the molecule is CC(C)c1c[nH]c(CCC(F)(F)F)c1. The van der Waals surface area contributed by atoms with Crippen molar-refractivity contribution in [3.8, 4) is 0 Å². The molecule has 14 heavy (non-hydrogen) atoms. The summed E-state index contributed by atoms with van der Waals surface area (Å²) in [6.45, 7) is 4.02. The van der Waals surface area contributed by atoms with Gasteiger partial charge in [-0.25, -0.2) is 0 Å². The normalized spacial score (nSPS) is 12.4. The fourth-order valence-corrected chi connectivity index (χ4v) is 1.21. The second kappa shape index (κ2) is 4.07. The van der Waals surface area contributed by atoms with E-state index in [2.05, 4.69) is 4.98 Å². The Balaban J connectivity index is 2.52. The predicted octanol–water partition coefficient (Wildman–Crippen LogP) is 3.63. The molecule has 0 saturated heterocycles. The van der Waals surface area contributed by atoms with Gasteiger partial charge < -0.3 is 4.98 Å². The molecule has 1 aromatic rings. The van der Waals surface area contributed by atoms with E-state index < -0.39 is 12.6 Å². The average molecular weight is 205 g/mol. The maximum atomic E-state index is 11.9. The lowest BCUT2D eigenvalue weighted by Crippen LogP contribution is -2.08. The first kappa shape index (κ1) is 11.1. The number of aryl methyl sites for hydroxylation is 1. The quantitative estimate of drug-likeness (QED) is 0.775. The summed E-state index contributed by atoms with van der Waals surface area (Å²) in [7, 11) is 0. The number of rotatable bonds is 3. The third-order valence-electron chi connectivity index (χ3n) is 2.11. The molecule has 0 unspecified atom stereocenters. The van der Waals surface area contributed by atoms with Crippen molar-refractivity contribution in [1.82, 2.24) is 4.98 Å². The number of nitrogens with one attached hydrogen (secondary N) is 1. The number of alkyl halides is 3. The van der Waals surface area contributed by atoms with E-state index in [1.54, 1.807) is 12.3 Å². The molecule has 0 aliphatic heterocycles. The number of hydrogen-bond acceptors (Lipinski definition) is 0. The summed E-state index contributed by atoms with van der Waals surface area (Å²) in [4.78, 5) is 2.86. The van der Waals surface area contributed by atoms with Gasteiger partial charge in [0.15, 0.2) is 0 Å². The van der Waals surface area contributed by atoms with Gasteiger partial charge in [-0.05, 0) is 24.0 Å². The Morgan fingerprint density at radius 3 is 2.43 bits per heavy atom. The van der Waals surface area contributed by atoms with Crippen molar-refractivity contribution >= 4 is 0 Å². The zero-order valence-electron chi connectivity index (χ0n) is 8.28. The first-order chi connectivity index (χ1) is 6.38. The molecule has 0 amide bonds. The Morgan fingerprint density at radius 2 is 2.00 bits per heavy atom. The van der Waals surface area contributed by atoms with Crippen LogP contribution in [0.2, 0.25) is 0 Å². The van der Waals surface area contributed by atoms with E-state index in [0.717, 1.165) is 5.56 Å². The van der Waals surface area contributed by atoms with Crippen LogP contribution in [0.25, 0.3) is 0 Å². The number of aromatic amines is 1. The molecule has 80 valence electrons. The van der Waals surface area contributed by atoms with Gasteiger partial charge in [0.1, 0.15) is 0 Å². The van der Waals surface area contributed by atoms with Gasteiger partial charge in [-0.3, -0.25) is 0 Å². The molecule has 0 aliphatic rings. The maximum Gasteiger partial charge on any atom is 0.389 e. The van der Waals surface area contributed by atoms with Crippen molar-refractivity contribution in [2.24, 2.45) is 0 Å². The van der Waals surface area contributed by atoms with Gasteiger partial charge in [0.2, 0.25) is 0 Å². The van der Waals surface area contributed by atoms with Crippen molar-refractivity contribution in [2.75, 3.05) is 0 Å². The van der Waals surface area contributed by atoms with Crippen LogP contribution in [0.5, 0.6) is 0 Å². The first-order valence-electron chi connectivity index (χ1n) is 4.62. The minimum atomic E-state index is -4.07. The molecule has 0 aliphatic carbocycles. The minimum Gasteiger partial charge on any atom is -0.365 e. The van der Waals surface area contributed by atoms with Gasteiger partial charge in [0.05, 0.1) is 0 Å². The summed E-state index contributed by atoms with van der Waals surface area (Å²) in [6, 6.07) is 1.80. The molecule has 0 bridgehead atoms. The number of halogens is 3. The lowest BCUT2D eigenvalue weighted by Gasteiger charge is -2.03. The van der Waals surface area contributed by atoms with Crippen LogP contribution in [0.4, 0.5) is 13.2 Å². The Hall–Kier alpha value is -0.930. The maximum absolute atomic E-state index is 11.9. The van der Waals surface area contributed by atoms with E-state index in [4.69, 9.17) is 0 Å². The van der Waals surface area contributed by atoms with Gasteiger partial charge in [0, 0.05) is 18.3 Å². The van der Waals surface area contributed by atoms with E-state index in [-0.39, 0.29) is 6.42 Å². The Morgan fingerprint density at radius 1 is 1.36 bits per heavy atom. The molecule has 4 heteroatoms. The van der Waals surface area contributed by atoms with E-state index in [1.165, 1.54) is 0 Å². The molecule has 1 aromatic heterocycles. The Bertz CT molecular complexity index is 286. The lowest BCUT2D eigenvalue weighted by atomic mass is 10.1. The summed E-state index contributed by atoms with van der Waals surface area (Å²) in [5.41, 5.74) is 1.72. The molecule has 0 spiro atoms. The van der Waals surface area contributed by atoms with Crippen molar-refractivity contribution in [1.29, 1.82) is 0 Å². The molecule has 0 saturated carbocycles. The van der Waals surface area contributed by atoms with E-state index in [9.17, 15) is 13.2 Å². The largest absolute Gasteiger partial charge is 0.389 e. The Kier molecular flexibility index (Phi) is 3.24. The summed E-state index contributed by atoms with van der Waals surface area (Å²) in [5, 5.41) is 0.